The highest BCUT2D eigenvalue weighted by atomic mass is 16.5. The molecule has 0 saturated carbocycles. The molecule has 0 saturated heterocycles. The van der Waals surface area contributed by atoms with E-state index in [1.54, 1.807) is 10.9 Å². The summed E-state index contributed by atoms with van der Waals surface area (Å²) in [7, 11) is 0. The molecule has 0 aromatic heterocycles. The lowest BCUT2D eigenvalue weighted by Crippen LogP contribution is -1.98. The van der Waals surface area contributed by atoms with Crippen molar-refractivity contribution in [2.45, 2.75) is 20.0 Å². The molecule has 0 heterocycles. The Morgan fingerprint density at radius 3 is 2.50 bits per heavy atom. The summed E-state index contributed by atoms with van der Waals surface area (Å²) in [5, 5.41) is 4.26. The Bertz CT molecular complexity index is 643. The molecule has 3 nitrogen and oxygen atoms in total. The summed E-state index contributed by atoms with van der Waals surface area (Å²) in [6.45, 7) is 6.20. The molecule has 0 N–H and O–H groups in total. The fourth-order valence-corrected chi connectivity index (χ4v) is 1.85. The molecule has 0 spiro atoms. The molecule has 3 heteroatoms. The van der Waals surface area contributed by atoms with Gasteiger partial charge >= 0.3 is 0 Å². The Balaban J connectivity index is 1.94. The Kier molecular flexibility index (Phi) is 6.12. The van der Waals surface area contributed by atoms with E-state index in [1.807, 2.05) is 67.7 Å². The highest BCUT2D eigenvalue weighted by Gasteiger charge is 1.96. The van der Waals surface area contributed by atoms with Crippen molar-refractivity contribution in [2.75, 3.05) is 0 Å². The Morgan fingerprint density at radius 2 is 1.86 bits per heavy atom. The number of rotatable bonds is 7. The van der Waals surface area contributed by atoms with Gasteiger partial charge in [0, 0.05) is 6.21 Å². The van der Waals surface area contributed by atoms with Gasteiger partial charge in [-0.2, -0.15) is 0 Å². The molecule has 22 heavy (non-hydrogen) atoms. The maximum absolute atomic E-state index is 5.75. The van der Waals surface area contributed by atoms with Gasteiger partial charge in [0.2, 0.25) is 0 Å². The zero-order valence-corrected chi connectivity index (χ0v) is 12.8. The Hall–Kier alpha value is -2.68. The second-order valence-corrected chi connectivity index (χ2v) is 4.68. The summed E-state index contributed by atoms with van der Waals surface area (Å²) in [4.78, 5) is 0. The number of benzene rings is 2. The van der Waals surface area contributed by atoms with E-state index in [0.717, 1.165) is 23.3 Å². The normalized spacial score (nSPS) is 11.6. The Morgan fingerprint density at radius 1 is 1.14 bits per heavy atom. The summed E-state index contributed by atoms with van der Waals surface area (Å²) in [5.74, 6) is 0.841. The van der Waals surface area contributed by atoms with E-state index >= 15 is 0 Å². The SMILES string of the molecule is C=[C-]/[N+](=C\CC)N=Cc1ccc(OCc2ccccc2)cc1. The molecule has 2 rings (SSSR count). The molecule has 0 unspecified atom stereocenters. The van der Waals surface area contributed by atoms with Crippen molar-refractivity contribution in [2.24, 2.45) is 5.10 Å². The fourth-order valence-electron chi connectivity index (χ4n) is 1.85. The third kappa shape index (κ3) is 5.02. The van der Waals surface area contributed by atoms with Crippen LogP contribution >= 0.6 is 0 Å². The monoisotopic (exact) mass is 292 g/mol. The molecule has 0 fully saturated rings. The third-order valence-corrected chi connectivity index (χ3v) is 2.98. The Labute approximate surface area is 131 Å². The van der Waals surface area contributed by atoms with Gasteiger partial charge in [0.05, 0.1) is 12.4 Å². The number of nitrogens with zero attached hydrogens (tertiary/aromatic N) is 2. The molecular formula is C19H20N2O. The van der Waals surface area contributed by atoms with Crippen molar-refractivity contribution in [1.29, 1.82) is 0 Å². The first-order valence-electron chi connectivity index (χ1n) is 7.28. The summed E-state index contributed by atoms with van der Waals surface area (Å²) in [5.41, 5.74) is 2.15. The van der Waals surface area contributed by atoms with Crippen LogP contribution in [0.2, 0.25) is 0 Å². The van der Waals surface area contributed by atoms with Crippen LogP contribution in [-0.4, -0.2) is 17.1 Å². The lowest BCUT2D eigenvalue weighted by molar-refractivity contribution is -0.472. The average molecular weight is 292 g/mol. The van der Waals surface area contributed by atoms with Crippen LogP contribution in [0.4, 0.5) is 0 Å². The quantitative estimate of drug-likeness (QED) is 0.248. The van der Waals surface area contributed by atoms with E-state index in [-0.39, 0.29) is 0 Å². The van der Waals surface area contributed by atoms with Crippen molar-refractivity contribution in [3.05, 3.63) is 78.5 Å². The van der Waals surface area contributed by atoms with Crippen molar-refractivity contribution in [3.8, 4) is 5.75 Å². The minimum Gasteiger partial charge on any atom is -0.489 e. The van der Waals surface area contributed by atoms with Crippen LogP contribution < -0.4 is 4.74 Å². The van der Waals surface area contributed by atoms with Crippen LogP contribution in [0.15, 0.2) is 66.3 Å². The minimum absolute atomic E-state index is 0.568. The van der Waals surface area contributed by atoms with Gasteiger partial charge in [0.25, 0.3) is 0 Å². The number of ether oxygens (including phenoxy) is 1. The molecule has 0 aliphatic carbocycles. The predicted molar refractivity (Wildman–Crippen MR) is 90.3 cm³/mol. The maximum atomic E-state index is 5.75. The van der Waals surface area contributed by atoms with Crippen LogP contribution in [0.5, 0.6) is 5.75 Å². The lowest BCUT2D eigenvalue weighted by Gasteiger charge is -2.06. The summed E-state index contributed by atoms with van der Waals surface area (Å²) in [6.07, 6.45) is 7.28. The minimum atomic E-state index is 0.568. The standard InChI is InChI=1S/C19H20N2O/c1-3-14-21(4-2)20-15-17-10-12-19(13-11-17)22-16-18-8-6-5-7-9-18/h5-15H,2-3,16H2,1H3. The van der Waals surface area contributed by atoms with E-state index in [0.29, 0.717) is 6.61 Å². The van der Waals surface area contributed by atoms with Crippen molar-refractivity contribution >= 4 is 12.4 Å². The summed E-state index contributed by atoms with van der Waals surface area (Å²) in [6, 6.07) is 17.9. The van der Waals surface area contributed by atoms with E-state index < -0.39 is 0 Å². The van der Waals surface area contributed by atoms with Gasteiger partial charge in [0.15, 0.2) is 0 Å². The first-order chi connectivity index (χ1) is 10.8. The van der Waals surface area contributed by atoms with E-state index in [9.17, 15) is 0 Å². The van der Waals surface area contributed by atoms with Gasteiger partial charge in [-0.25, -0.2) is 4.68 Å². The van der Waals surface area contributed by atoms with Gasteiger partial charge in [-0.05, 0) is 46.9 Å². The molecule has 2 aromatic carbocycles. The molecule has 112 valence electrons. The number of hydrazone groups is 1. The smallest absolute Gasteiger partial charge is 0.119 e. The van der Waals surface area contributed by atoms with E-state index in [4.69, 9.17) is 4.74 Å². The first-order valence-corrected chi connectivity index (χ1v) is 7.28. The molecule has 0 bridgehead atoms. The summed E-state index contributed by atoms with van der Waals surface area (Å²) >= 11 is 0. The van der Waals surface area contributed by atoms with Gasteiger partial charge < -0.3 is 4.74 Å². The van der Waals surface area contributed by atoms with E-state index in [1.165, 1.54) is 0 Å². The second-order valence-electron chi connectivity index (χ2n) is 4.68. The lowest BCUT2D eigenvalue weighted by atomic mass is 10.2. The maximum Gasteiger partial charge on any atom is 0.119 e. The number of hydrogen-bond donors (Lipinski definition) is 0. The molecule has 0 radical (unpaired) electrons. The van der Waals surface area contributed by atoms with Gasteiger partial charge in [-0.1, -0.05) is 37.3 Å². The zero-order chi connectivity index (χ0) is 15.6. The largest absolute Gasteiger partial charge is 0.489 e. The van der Waals surface area contributed by atoms with Gasteiger partial charge in [-0.3, -0.25) is 0 Å². The van der Waals surface area contributed by atoms with Crippen molar-refractivity contribution in [3.63, 3.8) is 0 Å². The van der Waals surface area contributed by atoms with Crippen LogP contribution in [0.1, 0.15) is 24.5 Å². The van der Waals surface area contributed by atoms with Gasteiger partial charge in [0.1, 0.15) is 12.4 Å². The second kappa shape index (κ2) is 8.57. The fraction of sp³-hybridized carbons (Fsp3) is 0.158. The van der Waals surface area contributed by atoms with E-state index in [2.05, 4.69) is 17.9 Å². The van der Waals surface area contributed by atoms with Crippen molar-refractivity contribution < 1.29 is 9.42 Å². The first kappa shape index (κ1) is 15.7. The molecule has 0 amide bonds. The number of hydrogen-bond acceptors (Lipinski definition) is 2. The van der Waals surface area contributed by atoms with Crippen molar-refractivity contribution in [1.82, 2.24) is 0 Å². The topological polar surface area (TPSA) is 24.6 Å². The molecule has 2 aromatic rings. The highest BCUT2D eigenvalue weighted by Crippen LogP contribution is 2.13. The highest BCUT2D eigenvalue weighted by molar-refractivity contribution is 5.79. The molecule has 0 aliphatic rings. The average Bonchev–Trinajstić information content (AvgIpc) is 2.58. The van der Waals surface area contributed by atoms with Crippen LogP contribution in [0, 0.1) is 6.20 Å². The molecular weight excluding hydrogens is 272 g/mol. The van der Waals surface area contributed by atoms with Crippen LogP contribution in [0.25, 0.3) is 0 Å². The summed E-state index contributed by atoms with van der Waals surface area (Å²) < 4.78 is 7.33. The molecule has 0 atom stereocenters. The van der Waals surface area contributed by atoms with Gasteiger partial charge in [-0.15, -0.1) is 6.58 Å². The zero-order valence-electron chi connectivity index (χ0n) is 12.8. The molecule has 0 aliphatic heterocycles. The van der Waals surface area contributed by atoms with Crippen LogP contribution in [-0.2, 0) is 6.61 Å². The third-order valence-electron chi connectivity index (χ3n) is 2.98. The van der Waals surface area contributed by atoms with Crippen LogP contribution in [0.3, 0.4) is 0 Å². The predicted octanol–water partition coefficient (Wildman–Crippen LogP) is 4.04.